The number of unbranched alkanes of at least 4 members (excludes halogenated alkanes) is 1. The number of amides is 2. The van der Waals surface area contributed by atoms with Crippen LogP contribution in [0, 0.1) is 23.1 Å². The summed E-state index contributed by atoms with van der Waals surface area (Å²) in [5.41, 5.74) is 9.00. The number of rotatable bonds is 9. The first-order chi connectivity index (χ1) is 13.9. The van der Waals surface area contributed by atoms with Crippen LogP contribution in [0.5, 0.6) is 0 Å². The Labute approximate surface area is 170 Å². The number of halogens is 1. The molecular weight excluding hydrogens is 373 g/mol. The van der Waals surface area contributed by atoms with E-state index < -0.39 is 0 Å². The van der Waals surface area contributed by atoms with Crippen molar-refractivity contribution in [1.29, 1.82) is 5.26 Å². The van der Waals surface area contributed by atoms with Gasteiger partial charge in [0.2, 0.25) is 5.82 Å². The Bertz CT molecular complexity index is 835. The highest BCUT2D eigenvalue weighted by atomic mass is 19.1. The molecule has 0 spiro atoms. The van der Waals surface area contributed by atoms with E-state index in [2.05, 4.69) is 15.4 Å². The van der Waals surface area contributed by atoms with Crippen LogP contribution in [0.15, 0.2) is 36.5 Å². The minimum atomic E-state index is -0.383. The van der Waals surface area contributed by atoms with E-state index in [1.165, 1.54) is 23.2 Å². The average Bonchev–Trinajstić information content (AvgIpc) is 2.71. The van der Waals surface area contributed by atoms with Gasteiger partial charge in [0.15, 0.2) is 5.82 Å². The van der Waals surface area contributed by atoms with Gasteiger partial charge in [-0.25, -0.2) is 19.6 Å². The number of nitrogens with zero attached hydrogens (tertiary/aromatic N) is 5. The standard InChI is InChI=1S/C20H26FN7O/c1-15(2)14-28(19-9-11-24-18(13-23)25-19)26-20(29)27(12-4-3-10-22)17-7-5-16(21)6-8-17/h5-9,11,15H,3-4,10,12,14,22H2,1-2H3,(H,26,29). The predicted molar refractivity (Wildman–Crippen MR) is 109 cm³/mol. The lowest BCUT2D eigenvalue weighted by atomic mass is 10.2. The molecule has 0 fully saturated rings. The molecule has 0 bridgehead atoms. The number of carbonyl (C=O) groups is 1. The summed E-state index contributed by atoms with van der Waals surface area (Å²) in [6, 6.07) is 8.88. The highest BCUT2D eigenvalue weighted by molar-refractivity contribution is 5.92. The van der Waals surface area contributed by atoms with E-state index >= 15 is 0 Å². The first kappa shape index (κ1) is 22.0. The third-order valence-electron chi connectivity index (χ3n) is 4.02. The van der Waals surface area contributed by atoms with E-state index in [1.54, 1.807) is 23.2 Å². The topological polar surface area (TPSA) is 111 Å². The Morgan fingerprint density at radius 1 is 1.28 bits per heavy atom. The van der Waals surface area contributed by atoms with E-state index in [0.717, 1.165) is 6.42 Å². The van der Waals surface area contributed by atoms with Gasteiger partial charge in [-0.1, -0.05) is 13.8 Å². The molecule has 0 radical (unpaired) electrons. The summed E-state index contributed by atoms with van der Waals surface area (Å²) in [6.45, 7) is 5.44. The largest absolute Gasteiger partial charge is 0.340 e. The number of benzene rings is 1. The lowest BCUT2D eigenvalue weighted by Gasteiger charge is -2.30. The Kier molecular flexibility index (Phi) is 8.30. The van der Waals surface area contributed by atoms with Gasteiger partial charge >= 0.3 is 6.03 Å². The summed E-state index contributed by atoms with van der Waals surface area (Å²) >= 11 is 0. The van der Waals surface area contributed by atoms with Gasteiger partial charge in [-0.15, -0.1) is 0 Å². The molecule has 1 aromatic carbocycles. The van der Waals surface area contributed by atoms with Crippen molar-refractivity contribution in [1.82, 2.24) is 15.4 Å². The number of carbonyl (C=O) groups excluding carboxylic acids is 1. The second kappa shape index (κ2) is 10.9. The Hall–Kier alpha value is -3.25. The third kappa shape index (κ3) is 6.69. The SMILES string of the molecule is CC(C)CN(NC(=O)N(CCCCN)c1ccc(F)cc1)c1ccnc(C#N)n1. The maximum atomic E-state index is 13.3. The van der Waals surface area contributed by atoms with Crippen LogP contribution in [-0.4, -0.2) is 35.6 Å². The highest BCUT2D eigenvalue weighted by Crippen LogP contribution is 2.17. The number of hydrazine groups is 1. The van der Waals surface area contributed by atoms with Crippen molar-refractivity contribution < 1.29 is 9.18 Å². The van der Waals surface area contributed by atoms with E-state index in [0.29, 0.717) is 37.6 Å². The van der Waals surface area contributed by atoms with Gasteiger partial charge in [0, 0.05) is 31.0 Å². The molecule has 1 aromatic heterocycles. The fourth-order valence-electron chi connectivity index (χ4n) is 2.67. The molecule has 0 unspecified atom stereocenters. The number of nitriles is 1. The summed E-state index contributed by atoms with van der Waals surface area (Å²) in [5.74, 6) is 0.276. The minimum absolute atomic E-state index is 0.0174. The monoisotopic (exact) mass is 399 g/mol. The zero-order valence-corrected chi connectivity index (χ0v) is 16.7. The van der Waals surface area contributed by atoms with Crippen LogP contribution in [0.3, 0.4) is 0 Å². The highest BCUT2D eigenvalue weighted by Gasteiger charge is 2.20. The van der Waals surface area contributed by atoms with Crippen LogP contribution in [0.2, 0.25) is 0 Å². The van der Waals surface area contributed by atoms with Crippen LogP contribution in [0.25, 0.3) is 0 Å². The van der Waals surface area contributed by atoms with Gasteiger partial charge < -0.3 is 5.73 Å². The molecule has 2 aromatic rings. The summed E-state index contributed by atoms with van der Waals surface area (Å²) in [4.78, 5) is 22.7. The van der Waals surface area contributed by atoms with Gasteiger partial charge in [-0.3, -0.25) is 9.91 Å². The predicted octanol–water partition coefficient (Wildman–Crippen LogP) is 2.82. The third-order valence-corrected chi connectivity index (χ3v) is 4.02. The second-order valence-electron chi connectivity index (χ2n) is 6.90. The summed E-state index contributed by atoms with van der Waals surface area (Å²) in [5, 5.41) is 10.6. The maximum absolute atomic E-state index is 13.3. The zero-order chi connectivity index (χ0) is 21.2. The average molecular weight is 399 g/mol. The summed E-state index contributed by atoms with van der Waals surface area (Å²) in [6.07, 6.45) is 2.94. The van der Waals surface area contributed by atoms with Gasteiger partial charge in [-0.2, -0.15) is 10.2 Å². The molecule has 0 aliphatic rings. The number of nitrogens with one attached hydrogen (secondary N) is 1. The van der Waals surface area contributed by atoms with Gasteiger partial charge in [0.05, 0.1) is 0 Å². The van der Waals surface area contributed by atoms with Crippen molar-refractivity contribution >= 4 is 17.5 Å². The fraction of sp³-hybridized carbons (Fsp3) is 0.400. The molecule has 0 aliphatic carbocycles. The molecule has 0 saturated carbocycles. The molecule has 0 aliphatic heterocycles. The van der Waals surface area contributed by atoms with Crippen molar-refractivity contribution in [3.8, 4) is 6.07 Å². The molecule has 8 nitrogen and oxygen atoms in total. The first-order valence-electron chi connectivity index (χ1n) is 9.49. The van der Waals surface area contributed by atoms with Gasteiger partial charge in [0.25, 0.3) is 0 Å². The van der Waals surface area contributed by atoms with E-state index in [4.69, 9.17) is 11.0 Å². The van der Waals surface area contributed by atoms with E-state index in [1.807, 2.05) is 19.9 Å². The van der Waals surface area contributed by atoms with E-state index in [-0.39, 0.29) is 23.6 Å². The number of aromatic nitrogens is 2. The molecule has 0 atom stereocenters. The number of nitrogens with two attached hydrogens (primary N) is 1. The number of urea groups is 1. The lowest BCUT2D eigenvalue weighted by Crippen LogP contribution is -2.51. The molecule has 0 saturated heterocycles. The Morgan fingerprint density at radius 3 is 2.62 bits per heavy atom. The molecule has 1 heterocycles. The normalized spacial score (nSPS) is 10.5. The molecule has 2 rings (SSSR count). The van der Waals surface area contributed by atoms with Crippen LogP contribution in [0.4, 0.5) is 20.7 Å². The van der Waals surface area contributed by atoms with Crippen LogP contribution >= 0.6 is 0 Å². The molecule has 154 valence electrons. The van der Waals surface area contributed by atoms with Crippen molar-refractivity contribution in [2.75, 3.05) is 29.5 Å². The van der Waals surface area contributed by atoms with Gasteiger partial charge in [0.1, 0.15) is 11.9 Å². The van der Waals surface area contributed by atoms with E-state index in [9.17, 15) is 9.18 Å². The lowest BCUT2D eigenvalue weighted by molar-refractivity contribution is 0.244. The van der Waals surface area contributed by atoms with Crippen molar-refractivity contribution in [2.45, 2.75) is 26.7 Å². The van der Waals surface area contributed by atoms with Crippen LogP contribution in [-0.2, 0) is 0 Å². The zero-order valence-electron chi connectivity index (χ0n) is 16.7. The maximum Gasteiger partial charge on any atom is 0.340 e. The van der Waals surface area contributed by atoms with Crippen LogP contribution < -0.4 is 21.1 Å². The smallest absolute Gasteiger partial charge is 0.330 e. The number of anilines is 2. The summed E-state index contributed by atoms with van der Waals surface area (Å²) < 4.78 is 13.3. The second-order valence-corrected chi connectivity index (χ2v) is 6.90. The molecule has 9 heteroatoms. The van der Waals surface area contributed by atoms with Crippen molar-refractivity contribution in [2.24, 2.45) is 11.7 Å². The Morgan fingerprint density at radius 2 is 2.00 bits per heavy atom. The summed E-state index contributed by atoms with van der Waals surface area (Å²) in [7, 11) is 0. The molecule has 29 heavy (non-hydrogen) atoms. The number of hydrogen-bond donors (Lipinski definition) is 2. The minimum Gasteiger partial charge on any atom is -0.330 e. The quantitative estimate of drug-likeness (QED) is 0.495. The molecular formula is C20H26FN7O. The van der Waals surface area contributed by atoms with Crippen LogP contribution in [0.1, 0.15) is 32.5 Å². The van der Waals surface area contributed by atoms with Crippen molar-refractivity contribution in [3.63, 3.8) is 0 Å². The first-order valence-corrected chi connectivity index (χ1v) is 9.49. The van der Waals surface area contributed by atoms with Gasteiger partial charge in [-0.05, 0) is 49.6 Å². The number of hydrogen-bond acceptors (Lipinski definition) is 6. The Balaban J connectivity index is 2.26. The molecule has 2 amide bonds. The van der Waals surface area contributed by atoms with Crippen molar-refractivity contribution in [3.05, 3.63) is 48.2 Å². The molecule has 3 N–H and O–H groups in total. The fourth-order valence-corrected chi connectivity index (χ4v) is 2.67.